The van der Waals surface area contributed by atoms with E-state index in [1.165, 1.54) is 31.0 Å². The molecule has 2 N–H and O–H groups in total. The van der Waals surface area contributed by atoms with Gasteiger partial charge in [0.1, 0.15) is 5.75 Å². The number of piperidine rings is 1. The third kappa shape index (κ3) is 4.21. The average molecular weight is 477 g/mol. The first kappa shape index (κ1) is 22.3. The molecule has 1 aliphatic rings. The van der Waals surface area contributed by atoms with Gasteiger partial charge in [0, 0.05) is 30.4 Å². The number of hydrogen-bond donors (Lipinski definition) is 2. The van der Waals surface area contributed by atoms with Crippen LogP contribution in [0, 0.1) is 6.92 Å². The Morgan fingerprint density at radius 2 is 1.79 bits per heavy atom. The highest BCUT2D eigenvalue weighted by Crippen LogP contribution is 2.34. The lowest BCUT2D eigenvalue weighted by Gasteiger charge is -2.28. The van der Waals surface area contributed by atoms with Crippen LogP contribution in [0.3, 0.4) is 0 Å². The topological polar surface area (TPSA) is 69.4 Å². The zero-order valence-corrected chi connectivity index (χ0v) is 20.0. The van der Waals surface area contributed by atoms with Crippen LogP contribution in [0.5, 0.6) is 11.8 Å². The van der Waals surface area contributed by atoms with E-state index in [0.29, 0.717) is 22.3 Å². The molecule has 1 aromatic heterocycles. The Morgan fingerprint density at radius 1 is 1.06 bits per heavy atom. The van der Waals surface area contributed by atoms with Crippen molar-refractivity contribution in [2.45, 2.75) is 26.2 Å². The number of rotatable bonds is 5. The lowest BCUT2D eigenvalue weighted by molar-refractivity contribution is -0.649. The van der Waals surface area contributed by atoms with Crippen molar-refractivity contribution in [2.75, 3.05) is 18.0 Å². The summed E-state index contributed by atoms with van der Waals surface area (Å²) in [6.45, 7) is 3.99. The summed E-state index contributed by atoms with van der Waals surface area (Å²) in [7, 11) is 1.90. The van der Waals surface area contributed by atoms with Crippen molar-refractivity contribution in [3.05, 3.63) is 70.7 Å². The molecule has 0 bridgehead atoms. The molecule has 0 unspecified atom stereocenters. The number of fused-ring (bicyclic) bond motifs is 1. The molecule has 34 heavy (non-hydrogen) atoms. The SMILES string of the molecule is Cc1ccc(Oc2[nH]c3cc(Cl)c(-c4ccc(N5CCCCC5)cc4)cc3[n+]2C)cc1C(=O)O. The highest BCUT2D eigenvalue weighted by Gasteiger charge is 2.21. The van der Waals surface area contributed by atoms with Crippen molar-refractivity contribution in [1.29, 1.82) is 0 Å². The number of H-pyrrole nitrogens is 1. The Bertz CT molecular complexity index is 1370. The second-order valence-electron chi connectivity index (χ2n) is 8.82. The monoisotopic (exact) mass is 476 g/mol. The van der Waals surface area contributed by atoms with Gasteiger partial charge in [-0.1, -0.05) is 29.8 Å². The number of aryl methyl sites for hydroxylation is 2. The summed E-state index contributed by atoms with van der Waals surface area (Å²) in [4.78, 5) is 17.2. The molecule has 1 fully saturated rings. The Balaban J connectivity index is 1.46. The van der Waals surface area contributed by atoms with E-state index in [2.05, 4.69) is 40.2 Å². The standard InChI is InChI=1S/C27H26ClN3O3/c1-17-6-11-20(14-21(17)26(32)33)34-27-29-24-16-23(28)22(15-25(24)30(27)2)18-7-9-19(10-8-18)31-12-4-3-5-13-31/h6-11,14-16H,3-5,12-13H2,1-2H3,(H,32,33)/p+1. The zero-order valence-electron chi connectivity index (χ0n) is 19.3. The van der Waals surface area contributed by atoms with Crippen molar-refractivity contribution < 1.29 is 19.2 Å². The number of nitrogens with zero attached hydrogens (tertiary/aromatic N) is 2. The van der Waals surface area contributed by atoms with Gasteiger partial charge in [-0.2, -0.15) is 4.57 Å². The number of carbonyl (C=O) groups is 1. The van der Waals surface area contributed by atoms with Gasteiger partial charge in [-0.3, -0.25) is 0 Å². The number of benzene rings is 3. The molecule has 3 aromatic carbocycles. The molecular weight excluding hydrogens is 450 g/mol. The van der Waals surface area contributed by atoms with Crippen molar-refractivity contribution in [1.82, 2.24) is 4.98 Å². The van der Waals surface area contributed by atoms with Crippen LogP contribution in [0.25, 0.3) is 22.2 Å². The Morgan fingerprint density at radius 3 is 2.50 bits per heavy atom. The van der Waals surface area contributed by atoms with Gasteiger partial charge in [-0.05, 0) is 67.6 Å². The summed E-state index contributed by atoms with van der Waals surface area (Å²) in [6, 6.07) is 18.1. The van der Waals surface area contributed by atoms with Crippen LogP contribution in [0.1, 0.15) is 35.2 Å². The predicted molar refractivity (Wildman–Crippen MR) is 134 cm³/mol. The molecular formula is C27H27ClN3O3+. The highest BCUT2D eigenvalue weighted by molar-refractivity contribution is 6.34. The Hall–Kier alpha value is -3.51. The molecule has 0 spiro atoms. The van der Waals surface area contributed by atoms with E-state index >= 15 is 0 Å². The third-order valence-electron chi connectivity index (χ3n) is 6.55. The van der Waals surface area contributed by atoms with E-state index in [0.717, 1.165) is 35.2 Å². The molecule has 1 saturated heterocycles. The van der Waals surface area contributed by atoms with Gasteiger partial charge in [0.2, 0.25) is 0 Å². The fourth-order valence-corrected chi connectivity index (χ4v) is 4.85. The van der Waals surface area contributed by atoms with Gasteiger partial charge in [0.15, 0.2) is 11.0 Å². The summed E-state index contributed by atoms with van der Waals surface area (Å²) < 4.78 is 7.90. The maximum Gasteiger partial charge on any atom is 0.460 e. The maximum atomic E-state index is 11.5. The minimum Gasteiger partial charge on any atom is -0.478 e. The van der Waals surface area contributed by atoms with Crippen LogP contribution in [0.2, 0.25) is 5.02 Å². The first-order valence-electron chi connectivity index (χ1n) is 11.5. The van der Waals surface area contributed by atoms with Gasteiger partial charge in [-0.25, -0.2) is 9.78 Å². The van der Waals surface area contributed by atoms with Crippen molar-refractivity contribution in [3.63, 3.8) is 0 Å². The number of nitrogens with one attached hydrogen (secondary N) is 1. The van der Waals surface area contributed by atoms with Gasteiger partial charge < -0.3 is 14.7 Å². The molecule has 5 rings (SSSR count). The quantitative estimate of drug-likeness (QED) is 0.341. The molecule has 7 heteroatoms. The van der Waals surface area contributed by atoms with Gasteiger partial charge in [-0.15, -0.1) is 0 Å². The molecule has 2 heterocycles. The fraction of sp³-hybridized carbons (Fsp3) is 0.259. The second-order valence-corrected chi connectivity index (χ2v) is 9.22. The number of aromatic carboxylic acids is 1. The summed E-state index contributed by atoms with van der Waals surface area (Å²) in [5, 5.41) is 10.0. The van der Waals surface area contributed by atoms with Crippen molar-refractivity contribution in [3.8, 4) is 22.9 Å². The molecule has 0 aliphatic carbocycles. The lowest BCUT2D eigenvalue weighted by Crippen LogP contribution is -2.29. The number of aromatic nitrogens is 2. The molecule has 0 amide bonds. The molecule has 174 valence electrons. The van der Waals surface area contributed by atoms with Crippen molar-refractivity contribution >= 4 is 34.3 Å². The van der Waals surface area contributed by atoms with Crippen molar-refractivity contribution in [2.24, 2.45) is 7.05 Å². The minimum atomic E-state index is -0.980. The summed E-state index contributed by atoms with van der Waals surface area (Å²) in [5.74, 6) is -0.531. The van der Waals surface area contributed by atoms with E-state index in [9.17, 15) is 9.90 Å². The third-order valence-corrected chi connectivity index (χ3v) is 6.86. The van der Waals surface area contributed by atoms with E-state index in [4.69, 9.17) is 16.3 Å². The van der Waals surface area contributed by atoms with Crippen LogP contribution >= 0.6 is 11.6 Å². The molecule has 0 saturated carbocycles. The van der Waals surface area contributed by atoms with Crippen LogP contribution < -0.4 is 14.2 Å². The Kier molecular flexibility index (Phi) is 5.92. The summed E-state index contributed by atoms with van der Waals surface area (Å²) >= 11 is 6.68. The first-order valence-corrected chi connectivity index (χ1v) is 11.9. The number of hydrogen-bond acceptors (Lipinski definition) is 3. The smallest absolute Gasteiger partial charge is 0.460 e. The molecule has 6 nitrogen and oxygen atoms in total. The van der Waals surface area contributed by atoms with E-state index in [-0.39, 0.29) is 5.56 Å². The largest absolute Gasteiger partial charge is 0.478 e. The number of imidazole rings is 1. The van der Waals surface area contributed by atoms with Crippen LogP contribution in [0.15, 0.2) is 54.6 Å². The summed E-state index contributed by atoms with van der Waals surface area (Å²) in [6.07, 6.45) is 3.81. The predicted octanol–water partition coefficient (Wildman–Crippen LogP) is 6.10. The van der Waals surface area contributed by atoms with E-state index in [1.54, 1.807) is 19.1 Å². The number of aromatic amines is 1. The van der Waals surface area contributed by atoms with E-state index < -0.39 is 5.97 Å². The van der Waals surface area contributed by atoms with Crippen LogP contribution in [-0.2, 0) is 7.05 Å². The summed E-state index contributed by atoms with van der Waals surface area (Å²) in [5.41, 5.74) is 5.92. The lowest BCUT2D eigenvalue weighted by atomic mass is 10.0. The molecule has 0 radical (unpaired) electrons. The van der Waals surface area contributed by atoms with Gasteiger partial charge >= 0.3 is 12.0 Å². The maximum absolute atomic E-state index is 11.5. The fourth-order valence-electron chi connectivity index (χ4n) is 4.57. The molecule has 4 aromatic rings. The number of anilines is 1. The highest BCUT2D eigenvalue weighted by atomic mass is 35.5. The zero-order chi connectivity index (χ0) is 23.8. The number of halogens is 1. The normalized spacial score (nSPS) is 13.9. The molecule has 0 atom stereocenters. The Labute approximate surface area is 203 Å². The first-order chi connectivity index (χ1) is 16.4. The number of ether oxygens (including phenoxy) is 1. The number of carboxylic acid groups (broad SMARTS) is 1. The van der Waals surface area contributed by atoms with Crippen LogP contribution in [-0.4, -0.2) is 29.1 Å². The minimum absolute atomic E-state index is 0.217. The van der Waals surface area contributed by atoms with Crippen LogP contribution in [0.4, 0.5) is 5.69 Å². The average Bonchev–Trinajstić information content (AvgIpc) is 3.14. The van der Waals surface area contributed by atoms with Gasteiger partial charge in [0.05, 0.1) is 17.6 Å². The van der Waals surface area contributed by atoms with E-state index in [1.807, 2.05) is 17.7 Å². The second kappa shape index (κ2) is 9.03. The molecule has 1 aliphatic heterocycles. The number of carboxylic acids is 1. The van der Waals surface area contributed by atoms with Gasteiger partial charge in [0.25, 0.3) is 0 Å².